The number of carbonyl (C=O) groups excluding carboxylic acids is 1. The zero-order chi connectivity index (χ0) is 27.1. The van der Waals surface area contributed by atoms with Crippen LogP contribution in [0.2, 0.25) is 0 Å². The molecule has 2 aromatic carbocycles. The minimum Gasteiger partial charge on any atom is -0.494 e. The Hall–Kier alpha value is -2.54. The van der Waals surface area contributed by atoms with Crippen LogP contribution < -0.4 is 4.74 Å². The monoisotopic (exact) mass is 532 g/mol. The van der Waals surface area contributed by atoms with Gasteiger partial charge in [-0.15, -0.1) is 0 Å². The van der Waals surface area contributed by atoms with E-state index in [-0.39, 0.29) is 29.3 Å². The maximum atomic E-state index is 15.0. The lowest BCUT2D eigenvalue weighted by Crippen LogP contribution is -2.25. The molecule has 0 aromatic heterocycles. The van der Waals surface area contributed by atoms with Gasteiger partial charge in [0, 0.05) is 12.7 Å². The molecule has 0 radical (unpaired) electrons. The van der Waals surface area contributed by atoms with E-state index >= 15 is 4.39 Å². The number of esters is 1. The summed E-state index contributed by atoms with van der Waals surface area (Å²) in [5, 5.41) is 0. The third-order valence-corrected chi connectivity index (χ3v) is 7.97. The smallest absolute Gasteiger partial charge is 0.341 e. The van der Waals surface area contributed by atoms with E-state index in [0.29, 0.717) is 49.2 Å². The van der Waals surface area contributed by atoms with Gasteiger partial charge in [-0.2, -0.15) is 0 Å². The number of rotatable bonds is 10. The topological polar surface area (TPSA) is 44.8 Å². The molecule has 2 fully saturated rings. The summed E-state index contributed by atoms with van der Waals surface area (Å²) in [7, 11) is 0. The van der Waals surface area contributed by atoms with Crippen LogP contribution in [0.4, 0.5) is 13.2 Å². The van der Waals surface area contributed by atoms with Crippen LogP contribution in [0.3, 0.4) is 0 Å². The lowest BCUT2D eigenvalue weighted by atomic mass is 9.82. The average Bonchev–Trinajstić information content (AvgIpc) is 2.92. The van der Waals surface area contributed by atoms with Gasteiger partial charge >= 0.3 is 5.97 Å². The first-order chi connectivity index (χ1) is 18.4. The molecule has 0 amide bonds. The normalized spacial score (nSPS) is 23.7. The number of hydrogen-bond acceptors (Lipinski definition) is 4. The van der Waals surface area contributed by atoms with E-state index in [1.807, 2.05) is 6.92 Å². The highest BCUT2D eigenvalue weighted by Gasteiger charge is 2.31. The fourth-order valence-corrected chi connectivity index (χ4v) is 5.77. The van der Waals surface area contributed by atoms with Crippen LogP contribution in [0, 0.1) is 17.5 Å². The van der Waals surface area contributed by atoms with Gasteiger partial charge in [0.15, 0.2) is 11.6 Å². The fraction of sp³-hybridized carbons (Fsp3) is 0.581. The minimum absolute atomic E-state index is 0.0150. The quantitative estimate of drug-likeness (QED) is 0.228. The summed E-state index contributed by atoms with van der Waals surface area (Å²) >= 11 is 0. The molecule has 0 bridgehead atoms. The third kappa shape index (κ3) is 6.90. The van der Waals surface area contributed by atoms with E-state index in [1.54, 1.807) is 12.1 Å². The van der Waals surface area contributed by atoms with Crippen LogP contribution in [-0.2, 0) is 9.47 Å². The maximum absolute atomic E-state index is 15.0. The van der Waals surface area contributed by atoms with Crippen molar-refractivity contribution in [1.82, 2.24) is 0 Å². The molecule has 0 heterocycles. The van der Waals surface area contributed by atoms with Gasteiger partial charge in [-0.3, -0.25) is 0 Å². The zero-order valence-electron chi connectivity index (χ0n) is 22.4. The molecule has 0 atom stereocenters. The summed E-state index contributed by atoms with van der Waals surface area (Å²) in [6.07, 6.45) is 7.35. The van der Waals surface area contributed by atoms with E-state index < -0.39 is 23.7 Å². The number of halogens is 3. The highest BCUT2D eigenvalue weighted by molar-refractivity contribution is 5.90. The van der Waals surface area contributed by atoms with Crippen molar-refractivity contribution < 1.29 is 32.2 Å². The predicted octanol–water partition coefficient (Wildman–Crippen LogP) is 8.23. The van der Waals surface area contributed by atoms with Crippen molar-refractivity contribution >= 4 is 5.97 Å². The number of carbonyl (C=O) groups is 1. The van der Waals surface area contributed by atoms with Crippen LogP contribution in [-0.4, -0.2) is 31.4 Å². The van der Waals surface area contributed by atoms with E-state index in [4.69, 9.17) is 14.2 Å². The van der Waals surface area contributed by atoms with Gasteiger partial charge in [0.25, 0.3) is 0 Å². The molecule has 0 unspecified atom stereocenters. The van der Waals surface area contributed by atoms with Crippen molar-refractivity contribution in [3.63, 3.8) is 0 Å². The number of ether oxygens (including phenoxy) is 3. The molecule has 7 heteroatoms. The standard InChI is InChI=1S/C31H39F3O4/c1-3-5-18-37-22-10-6-21(7-11-22)26-16-17-27(30(34)29(26)33)31(35)38-23-12-8-20(9-13-23)25-15-14-24(36-4-2)19-28(25)32/h14-17,19-23H,3-13,18H2,1-2H3. The summed E-state index contributed by atoms with van der Waals surface area (Å²) in [4.78, 5) is 12.7. The molecular formula is C31H39F3O4. The van der Waals surface area contributed by atoms with Crippen molar-refractivity contribution in [2.24, 2.45) is 0 Å². The summed E-state index contributed by atoms with van der Waals surface area (Å²) in [5.74, 6) is -2.81. The van der Waals surface area contributed by atoms with Crippen molar-refractivity contribution in [2.45, 2.75) is 102 Å². The second kappa shape index (κ2) is 13.5. The molecule has 2 saturated carbocycles. The molecular weight excluding hydrogens is 493 g/mol. The molecule has 2 aromatic rings. The van der Waals surface area contributed by atoms with Gasteiger partial charge in [0.05, 0.1) is 18.3 Å². The fourth-order valence-electron chi connectivity index (χ4n) is 5.77. The average molecular weight is 533 g/mol. The lowest BCUT2D eigenvalue weighted by Gasteiger charge is -2.30. The second-order valence-electron chi connectivity index (χ2n) is 10.5. The number of unbranched alkanes of at least 4 members (excludes halogenated alkanes) is 1. The summed E-state index contributed by atoms with van der Waals surface area (Å²) in [6, 6.07) is 7.80. The van der Waals surface area contributed by atoms with Crippen molar-refractivity contribution in [2.75, 3.05) is 13.2 Å². The zero-order valence-corrected chi connectivity index (χ0v) is 22.4. The number of hydrogen-bond donors (Lipinski definition) is 0. The molecule has 4 nitrogen and oxygen atoms in total. The molecule has 2 aliphatic rings. The van der Waals surface area contributed by atoms with Gasteiger partial charge in [-0.25, -0.2) is 18.0 Å². The first kappa shape index (κ1) is 28.5. The molecule has 0 spiro atoms. The van der Waals surface area contributed by atoms with Crippen molar-refractivity contribution in [1.29, 1.82) is 0 Å². The predicted molar refractivity (Wildman–Crippen MR) is 140 cm³/mol. The molecule has 0 aliphatic heterocycles. The molecule has 2 aliphatic carbocycles. The Morgan fingerprint density at radius 2 is 1.45 bits per heavy atom. The molecule has 0 N–H and O–H groups in total. The van der Waals surface area contributed by atoms with Gasteiger partial charge in [0.2, 0.25) is 0 Å². The summed E-state index contributed by atoms with van der Waals surface area (Å²) in [5.41, 5.74) is 0.579. The van der Waals surface area contributed by atoms with Gasteiger partial charge < -0.3 is 14.2 Å². The SMILES string of the molecule is CCCCOC1CCC(c2ccc(C(=O)OC3CCC(c4ccc(OCC)cc4F)CC3)c(F)c2F)CC1. The highest BCUT2D eigenvalue weighted by atomic mass is 19.2. The Balaban J connectivity index is 1.30. The maximum Gasteiger partial charge on any atom is 0.341 e. The Morgan fingerprint density at radius 1 is 0.816 bits per heavy atom. The summed E-state index contributed by atoms with van der Waals surface area (Å²) < 4.78 is 61.3. The Morgan fingerprint density at radius 3 is 2.08 bits per heavy atom. The molecule has 0 saturated heterocycles. The Kier molecular flexibility index (Phi) is 10.1. The van der Waals surface area contributed by atoms with Crippen molar-refractivity contribution in [3.8, 4) is 5.75 Å². The third-order valence-electron chi connectivity index (χ3n) is 7.97. The van der Waals surface area contributed by atoms with E-state index in [2.05, 4.69) is 6.92 Å². The van der Waals surface area contributed by atoms with Crippen LogP contribution in [0.5, 0.6) is 5.75 Å². The first-order valence-electron chi connectivity index (χ1n) is 14.1. The van der Waals surface area contributed by atoms with Crippen LogP contribution in [0.25, 0.3) is 0 Å². The van der Waals surface area contributed by atoms with Gasteiger partial charge in [0.1, 0.15) is 17.7 Å². The minimum atomic E-state index is -1.14. The second-order valence-corrected chi connectivity index (χ2v) is 10.5. The summed E-state index contributed by atoms with van der Waals surface area (Å²) in [6.45, 7) is 5.18. The van der Waals surface area contributed by atoms with E-state index in [9.17, 15) is 13.6 Å². The Labute approximate surface area is 223 Å². The van der Waals surface area contributed by atoms with Gasteiger partial charge in [-0.05, 0) is 99.8 Å². The van der Waals surface area contributed by atoms with Gasteiger partial charge in [-0.1, -0.05) is 25.5 Å². The van der Waals surface area contributed by atoms with E-state index in [1.165, 1.54) is 18.2 Å². The van der Waals surface area contributed by atoms with Crippen LogP contribution >= 0.6 is 0 Å². The molecule has 4 rings (SSSR count). The van der Waals surface area contributed by atoms with Crippen LogP contribution in [0.15, 0.2) is 30.3 Å². The first-order valence-corrected chi connectivity index (χ1v) is 14.1. The lowest BCUT2D eigenvalue weighted by molar-refractivity contribution is 0.0188. The number of benzene rings is 2. The van der Waals surface area contributed by atoms with E-state index in [0.717, 1.165) is 45.1 Å². The van der Waals surface area contributed by atoms with Crippen molar-refractivity contribution in [3.05, 3.63) is 64.5 Å². The molecule has 208 valence electrons. The Bertz CT molecular complexity index is 1070. The molecule has 38 heavy (non-hydrogen) atoms. The van der Waals surface area contributed by atoms with Crippen LogP contribution in [0.1, 0.15) is 111 Å². The largest absolute Gasteiger partial charge is 0.494 e. The highest BCUT2D eigenvalue weighted by Crippen LogP contribution is 2.38.